The minimum atomic E-state index is -1.60. The molecule has 0 saturated carbocycles. The van der Waals surface area contributed by atoms with E-state index in [0.29, 0.717) is 0 Å². The highest BCUT2D eigenvalue weighted by Gasteiger charge is 2.49. The maximum atomic E-state index is 12.4. The van der Waals surface area contributed by atoms with Gasteiger partial charge in [-0.3, -0.25) is 4.90 Å². The zero-order valence-electron chi connectivity index (χ0n) is 16.1. The number of rotatable bonds is 3. The van der Waals surface area contributed by atoms with Crippen LogP contribution in [0, 0.1) is 0 Å². The van der Waals surface area contributed by atoms with E-state index >= 15 is 0 Å². The number of benzene rings is 1. The van der Waals surface area contributed by atoms with Crippen LogP contribution < -0.4 is 0 Å². The van der Waals surface area contributed by atoms with Crippen LogP contribution in [0.15, 0.2) is 30.3 Å². The number of carbonyl (C=O) groups is 3. The fourth-order valence-electron chi connectivity index (χ4n) is 2.76. The Morgan fingerprint density at radius 3 is 2.30 bits per heavy atom. The second kappa shape index (κ2) is 7.85. The quantitative estimate of drug-likeness (QED) is 0.869. The molecular weight excluding hydrogens is 352 g/mol. The van der Waals surface area contributed by atoms with Crippen LogP contribution in [0.5, 0.6) is 0 Å². The Balaban J connectivity index is 2.06. The molecule has 0 spiro atoms. The molecule has 2 amide bonds. The van der Waals surface area contributed by atoms with E-state index in [0.717, 1.165) is 10.5 Å². The van der Waals surface area contributed by atoms with Crippen molar-refractivity contribution in [3.8, 4) is 0 Å². The summed E-state index contributed by atoms with van der Waals surface area (Å²) >= 11 is 0. The van der Waals surface area contributed by atoms with Gasteiger partial charge in [-0.05, 0) is 33.3 Å². The predicted molar refractivity (Wildman–Crippen MR) is 97.2 cm³/mol. The van der Waals surface area contributed by atoms with Crippen LogP contribution >= 0.6 is 0 Å². The number of amides is 2. The van der Waals surface area contributed by atoms with E-state index in [1.54, 1.807) is 20.8 Å². The van der Waals surface area contributed by atoms with Crippen LogP contribution in [-0.2, 0) is 20.9 Å². The Labute approximate surface area is 158 Å². The van der Waals surface area contributed by atoms with Gasteiger partial charge in [0.05, 0.1) is 6.54 Å². The Morgan fingerprint density at radius 1 is 1.11 bits per heavy atom. The maximum Gasteiger partial charge on any atom is 0.411 e. The third-order valence-corrected chi connectivity index (χ3v) is 4.23. The van der Waals surface area contributed by atoms with E-state index < -0.39 is 29.3 Å². The molecule has 2 rings (SSSR count). The number of hydrogen-bond acceptors (Lipinski definition) is 5. The number of nitrogens with zero attached hydrogens (tertiary/aromatic N) is 2. The highest BCUT2D eigenvalue weighted by Crippen LogP contribution is 2.25. The van der Waals surface area contributed by atoms with Gasteiger partial charge in [0, 0.05) is 13.1 Å². The molecule has 27 heavy (non-hydrogen) atoms. The number of carboxylic acid groups (broad SMARTS) is 1. The molecule has 148 valence electrons. The van der Waals surface area contributed by atoms with E-state index in [1.165, 1.54) is 11.8 Å². The molecule has 0 aliphatic carbocycles. The highest BCUT2D eigenvalue weighted by molar-refractivity contribution is 5.85. The predicted octanol–water partition coefficient (Wildman–Crippen LogP) is 2.72. The summed E-state index contributed by atoms with van der Waals surface area (Å²) in [6, 6.07) is 9.19. The highest BCUT2D eigenvalue weighted by atomic mass is 16.6. The van der Waals surface area contributed by atoms with Crippen molar-refractivity contribution in [2.45, 2.75) is 45.4 Å². The SMILES string of the molecule is CC(C)(C)OC(=O)N1CCN(C(=O)OCc2ccccc2)C[C@]1(C)C(=O)O. The van der Waals surface area contributed by atoms with Crippen molar-refractivity contribution in [2.75, 3.05) is 19.6 Å². The monoisotopic (exact) mass is 378 g/mol. The standard InChI is InChI=1S/C19H26N2O6/c1-18(2,3)27-17(25)21-11-10-20(13-19(21,4)15(22)23)16(24)26-12-14-8-6-5-7-9-14/h5-9H,10-13H2,1-4H3,(H,22,23)/t19-/m1/s1. The molecule has 1 aromatic carbocycles. The van der Waals surface area contributed by atoms with Crippen molar-refractivity contribution >= 4 is 18.2 Å². The first-order valence-corrected chi connectivity index (χ1v) is 8.72. The van der Waals surface area contributed by atoms with Crippen molar-refractivity contribution in [3.63, 3.8) is 0 Å². The molecule has 1 heterocycles. The molecule has 1 aliphatic heterocycles. The zero-order chi connectivity index (χ0) is 20.2. The molecule has 1 fully saturated rings. The average Bonchev–Trinajstić information content (AvgIpc) is 2.58. The van der Waals surface area contributed by atoms with Crippen molar-refractivity contribution in [3.05, 3.63) is 35.9 Å². The lowest BCUT2D eigenvalue weighted by Gasteiger charge is -2.45. The minimum Gasteiger partial charge on any atom is -0.479 e. The summed E-state index contributed by atoms with van der Waals surface area (Å²) in [5, 5.41) is 9.69. The topological polar surface area (TPSA) is 96.4 Å². The molecule has 1 atom stereocenters. The molecular formula is C19H26N2O6. The van der Waals surface area contributed by atoms with Crippen molar-refractivity contribution < 1.29 is 29.0 Å². The fraction of sp³-hybridized carbons (Fsp3) is 0.526. The molecule has 0 bridgehead atoms. The number of piperazine rings is 1. The van der Waals surface area contributed by atoms with Gasteiger partial charge in [0.15, 0.2) is 5.54 Å². The van der Waals surface area contributed by atoms with Gasteiger partial charge in [0.2, 0.25) is 0 Å². The Bertz CT molecular complexity index is 700. The van der Waals surface area contributed by atoms with E-state index in [9.17, 15) is 19.5 Å². The minimum absolute atomic E-state index is 0.0398. The number of carbonyl (C=O) groups excluding carboxylic acids is 2. The fourth-order valence-corrected chi connectivity index (χ4v) is 2.76. The van der Waals surface area contributed by atoms with Gasteiger partial charge >= 0.3 is 18.2 Å². The van der Waals surface area contributed by atoms with Gasteiger partial charge in [-0.15, -0.1) is 0 Å². The number of aliphatic carboxylic acids is 1. The van der Waals surface area contributed by atoms with Crippen LogP contribution in [0.3, 0.4) is 0 Å². The second-order valence-corrected chi connectivity index (χ2v) is 7.67. The lowest BCUT2D eigenvalue weighted by Crippen LogP contribution is -2.67. The second-order valence-electron chi connectivity index (χ2n) is 7.67. The van der Waals surface area contributed by atoms with Gasteiger partial charge in [0.1, 0.15) is 12.2 Å². The average molecular weight is 378 g/mol. The first-order chi connectivity index (χ1) is 12.5. The molecule has 0 aromatic heterocycles. The largest absolute Gasteiger partial charge is 0.479 e. The van der Waals surface area contributed by atoms with Gasteiger partial charge in [-0.2, -0.15) is 0 Å². The van der Waals surface area contributed by atoms with Crippen LogP contribution in [0.25, 0.3) is 0 Å². The number of hydrogen-bond donors (Lipinski definition) is 1. The summed E-state index contributed by atoms with van der Waals surface area (Å²) in [5.74, 6) is -1.21. The smallest absolute Gasteiger partial charge is 0.411 e. The van der Waals surface area contributed by atoms with Gasteiger partial charge < -0.3 is 19.5 Å². The summed E-state index contributed by atoms with van der Waals surface area (Å²) in [5.41, 5.74) is -1.52. The van der Waals surface area contributed by atoms with E-state index in [1.807, 2.05) is 30.3 Å². The molecule has 0 radical (unpaired) electrons. The zero-order valence-corrected chi connectivity index (χ0v) is 16.1. The normalized spacial score (nSPS) is 20.1. The maximum absolute atomic E-state index is 12.4. The van der Waals surface area contributed by atoms with Crippen molar-refractivity contribution in [1.82, 2.24) is 9.80 Å². The van der Waals surface area contributed by atoms with E-state index in [4.69, 9.17) is 9.47 Å². The number of carboxylic acids is 1. The lowest BCUT2D eigenvalue weighted by molar-refractivity contribution is -0.153. The third-order valence-electron chi connectivity index (χ3n) is 4.23. The summed E-state index contributed by atoms with van der Waals surface area (Å²) in [6.45, 7) is 6.63. The van der Waals surface area contributed by atoms with E-state index in [2.05, 4.69) is 0 Å². The molecule has 8 nitrogen and oxygen atoms in total. The van der Waals surface area contributed by atoms with Crippen LogP contribution in [0.1, 0.15) is 33.3 Å². The van der Waals surface area contributed by atoms with Crippen molar-refractivity contribution in [2.24, 2.45) is 0 Å². The Morgan fingerprint density at radius 2 is 1.74 bits per heavy atom. The van der Waals surface area contributed by atoms with Gasteiger partial charge in [-0.1, -0.05) is 30.3 Å². The Hall–Kier alpha value is -2.77. The molecule has 1 aromatic rings. The summed E-state index contributed by atoms with van der Waals surface area (Å²) in [6.07, 6.45) is -1.33. The van der Waals surface area contributed by atoms with Crippen LogP contribution in [-0.4, -0.2) is 63.8 Å². The van der Waals surface area contributed by atoms with Crippen molar-refractivity contribution in [1.29, 1.82) is 0 Å². The first kappa shape index (κ1) is 20.5. The molecule has 1 saturated heterocycles. The molecule has 0 unspecified atom stereocenters. The van der Waals surface area contributed by atoms with Crippen LogP contribution in [0.4, 0.5) is 9.59 Å². The summed E-state index contributed by atoms with van der Waals surface area (Å²) in [7, 11) is 0. The summed E-state index contributed by atoms with van der Waals surface area (Å²) in [4.78, 5) is 39.1. The van der Waals surface area contributed by atoms with Gasteiger partial charge in [-0.25, -0.2) is 14.4 Å². The molecule has 1 N–H and O–H groups in total. The van der Waals surface area contributed by atoms with Crippen LogP contribution in [0.2, 0.25) is 0 Å². The lowest BCUT2D eigenvalue weighted by atomic mass is 9.97. The third kappa shape index (κ3) is 5.12. The Kier molecular flexibility index (Phi) is 5.98. The number of ether oxygens (including phenoxy) is 2. The molecule has 8 heteroatoms. The van der Waals surface area contributed by atoms with Gasteiger partial charge in [0.25, 0.3) is 0 Å². The molecule has 1 aliphatic rings. The van der Waals surface area contributed by atoms with E-state index in [-0.39, 0.29) is 26.2 Å². The first-order valence-electron chi connectivity index (χ1n) is 8.72. The summed E-state index contributed by atoms with van der Waals surface area (Å²) < 4.78 is 10.6.